The van der Waals surface area contributed by atoms with Crippen molar-refractivity contribution in [3.8, 4) is 5.88 Å². The van der Waals surface area contributed by atoms with Gasteiger partial charge in [-0.25, -0.2) is 23.3 Å². The normalized spacial score (nSPS) is 18.8. The van der Waals surface area contributed by atoms with Crippen LogP contribution >= 0.6 is 0 Å². The van der Waals surface area contributed by atoms with Crippen molar-refractivity contribution in [3.05, 3.63) is 53.6 Å². The van der Waals surface area contributed by atoms with E-state index in [1.165, 1.54) is 41.3 Å². The van der Waals surface area contributed by atoms with Crippen LogP contribution in [-0.4, -0.2) is 54.7 Å². The Morgan fingerprint density at radius 3 is 2.57 bits per heavy atom. The summed E-state index contributed by atoms with van der Waals surface area (Å²) in [5.41, 5.74) is 0.893. The first-order valence-electron chi connectivity index (χ1n) is 13.6. The fourth-order valence-electron chi connectivity index (χ4n) is 4.80. The average Bonchev–Trinajstić information content (AvgIpc) is 3.64. The van der Waals surface area contributed by atoms with Gasteiger partial charge in [0, 0.05) is 42.7 Å². The second-order valence-electron chi connectivity index (χ2n) is 10.7. The number of fused-ring (bicyclic) bond motifs is 1. The van der Waals surface area contributed by atoms with Crippen LogP contribution in [0.4, 0.5) is 22.0 Å². The van der Waals surface area contributed by atoms with E-state index in [0.29, 0.717) is 11.6 Å². The van der Waals surface area contributed by atoms with Gasteiger partial charge >= 0.3 is 6.18 Å². The van der Waals surface area contributed by atoms with E-state index in [-0.39, 0.29) is 54.5 Å². The summed E-state index contributed by atoms with van der Waals surface area (Å²) in [6.07, 6.45) is -2.64. The lowest BCUT2D eigenvalue weighted by atomic mass is 9.81. The summed E-state index contributed by atoms with van der Waals surface area (Å²) in [7, 11) is 0. The molecule has 2 aliphatic carbocycles. The molecule has 226 valence electrons. The molecule has 0 radical (unpaired) electrons. The summed E-state index contributed by atoms with van der Waals surface area (Å²) in [5, 5.41) is 19.5. The van der Waals surface area contributed by atoms with Gasteiger partial charge in [-0.2, -0.15) is 18.3 Å². The Kier molecular flexibility index (Phi) is 8.30. The number of aliphatic hydroxyl groups excluding tert-OH is 1. The summed E-state index contributed by atoms with van der Waals surface area (Å²) < 4.78 is 72.1. The van der Waals surface area contributed by atoms with Crippen molar-refractivity contribution < 1.29 is 41.4 Å². The zero-order chi connectivity index (χ0) is 30.1. The van der Waals surface area contributed by atoms with Crippen LogP contribution in [0.15, 0.2) is 36.8 Å². The third kappa shape index (κ3) is 7.69. The van der Waals surface area contributed by atoms with E-state index in [4.69, 9.17) is 4.74 Å². The van der Waals surface area contributed by atoms with Gasteiger partial charge in [0.2, 0.25) is 17.7 Å². The van der Waals surface area contributed by atoms with Crippen molar-refractivity contribution in [3.63, 3.8) is 0 Å². The summed E-state index contributed by atoms with van der Waals surface area (Å²) in [6, 6.07) is 3.65. The highest BCUT2D eigenvalue weighted by Gasteiger charge is 2.39. The SMILES string of the molecule is O=C(CCC(F)(F)F)N[C@H](O)c1cnn2cc([C@@H](NC(=O)c3ccnc(OC4CC4)c3)C3CCC(F)(F)CC3)nc2c1. The Balaban J connectivity index is 1.35. The summed E-state index contributed by atoms with van der Waals surface area (Å²) in [4.78, 5) is 33.8. The number of pyridine rings is 1. The highest BCUT2D eigenvalue weighted by molar-refractivity contribution is 5.94. The lowest BCUT2D eigenvalue weighted by molar-refractivity contribution is -0.145. The van der Waals surface area contributed by atoms with E-state index in [9.17, 15) is 36.6 Å². The van der Waals surface area contributed by atoms with Crippen molar-refractivity contribution in [2.75, 3.05) is 0 Å². The zero-order valence-corrected chi connectivity index (χ0v) is 22.3. The molecule has 0 bridgehead atoms. The molecular weight excluding hydrogens is 567 g/mol. The van der Waals surface area contributed by atoms with Crippen molar-refractivity contribution in [2.45, 2.75) is 81.8 Å². The number of halogens is 5. The van der Waals surface area contributed by atoms with Crippen LogP contribution in [0, 0.1) is 5.92 Å². The van der Waals surface area contributed by atoms with Gasteiger partial charge in [-0.1, -0.05) is 0 Å². The van der Waals surface area contributed by atoms with Crippen molar-refractivity contribution in [1.82, 2.24) is 30.2 Å². The number of imidazole rings is 1. The number of hydrogen-bond donors (Lipinski definition) is 3. The lowest BCUT2D eigenvalue weighted by Gasteiger charge is -2.33. The molecular formula is C27H29F5N6O4. The molecule has 2 fully saturated rings. The molecule has 15 heteroatoms. The van der Waals surface area contributed by atoms with E-state index < -0.39 is 49.0 Å². The van der Waals surface area contributed by atoms with Gasteiger partial charge in [-0.3, -0.25) is 9.59 Å². The molecule has 0 unspecified atom stereocenters. The standard InChI is InChI=1S/C27H29F5N6O4/c28-26(29)7-3-15(4-8-26)23(37-24(40)16-6-10-33-22(12-16)42-18-1-2-18)19-14-38-20(35-19)11-17(13-34-38)25(41)36-21(39)5-9-27(30,31)32/h6,10-15,18,23,25,41H,1-5,7-9H2,(H,36,39)(H,37,40)/t23-,25+/m0/s1. The molecule has 10 nitrogen and oxygen atoms in total. The zero-order valence-electron chi connectivity index (χ0n) is 22.3. The van der Waals surface area contributed by atoms with Crippen molar-refractivity contribution in [1.29, 1.82) is 0 Å². The average molecular weight is 597 g/mol. The largest absolute Gasteiger partial charge is 0.474 e. The van der Waals surface area contributed by atoms with Crippen LogP contribution in [0.25, 0.3) is 5.65 Å². The topological polar surface area (TPSA) is 131 Å². The number of nitrogens with one attached hydrogen (secondary N) is 2. The summed E-state index contributed by atoms with van der Waals surface area (Å²) in [5.74, 6) is -4.31. The molecule has 42 heavy (non-hydrogen) atoms. The monoisotopic (exact) mass is 596 g/mol. The third-order valence-electron chi connectivity index (χ3n) is 7.26. The number of ether oxygens (including phenoxy) is 1. The van der Waals surface area contributed by atoms with Gasteiger partial charge < -0.3 is 20.5 Å². The van der Waals surface area contributed by atoms with Crippen LogP contribution < -0.4 is 15.4 Å². The molecule has 0 aliphatic heterocycles. The van der Waals surface area contributed by atoms with E-state index in [1.807, 2.05) is 0 Å². The second kappa shape index (κ2) is 11.8. The highest BCUT2D eigenvalue weighted by atomic mass is 19.4. The number of rotatable bonds is 10. The van der Waals surface area contributed by atoms with Crippen LogP contribution in [0.1, 0.15) is 85.3 Å². The van der Waals surface area contributed by atoms with Gasteiger partial charge in [0.15, 0.2) is 11.9 Å². The third-order valence-corrected chi connectivity index (χ3v) is 7.26. The predicted octanol–water partition coefficient (Wildman–Crippen LogP) is 4.41. The van der Waals surface area contributed by atoms with E-state index in [2.05, 4.69) is 25.7 Å². The maximum atomic E-state index is 14.0. The lowest BCUT2D eigenvalue weighted by Crippen LogP contribution is -2.37. The first kappa shape index (κ1) is 29.6. The first-order valence-corrected chi connectivity index (χ1v) is 13.6. The smallest absolute Gasteiger partial charge is 0.389 e. The van der Waals surface area contributed by atoms with Crippen molar-refractivity contribution >= 4 is 17.5 Å². The minimum Gasteiger partial charge on any atom is -0.474 e. The van der Waals surface area contributed by atoms with Crippen LogP contribution in [0.2, 0.25) is 0 Å². The Morgan fingerprint density at radius 1 is 1.14 bits per heavy atom. The number of alkyl halides is 5. The number of hydrogen-bond acceptors (Lipinski definition) is 7. The molecule has 2 amide bonds. The molecule has 3 N–H and O–H groups in total. The molecule has 2 atom stereocenters. The first-order chi connectivity index (χ1) is 19.8. The fraction of sp³-hybridized carbons (Fsp3) is 0.519. The van der Waals surface area contributed by atoms with Crippen LogP contribution in [-0.2, 0) is 4.79 Å². The molecule has 3 aromatic rings. The summed E-state index contributed by atoms with van der Waals surface area (Å²) in [6.45, 7) is 0. The van der Waals surface area contributed by atoms with Crippen LogP contribution in [0.3, 0.4) is 0 Å². The quantitative estimate of drug-likeness (QED) is 0.234. The number of aliphatic hydroxyl groups is 1. The molecule has 0 aromatic carbocycles. The number of amides is 2. The van der Waals surface area contributed by atoms with Crippen molar-refractivity contribution in [2.24, 2.45) is 5.92 Å². The molecule has 2 aliphatic rings. The van der Waals surface area contributed by atoms with Gasteiger partial charge in [-0.15, -0.1) is 0 Å². The van der Waals surface area contributed by atoms with Gasteiger partial charge in [-0.05, 0) is 43.7 Å². The molecule has 0 saturated heterocycles. The maximum absolute atomic E-state index is 14.0. The number of carbonyl (C=O) groups excluding carboxylic acids is 2. The molecule has 0 spiro atoms. The van der Waals surface area contributed by atoms with E-state index in [1.54, 1.807) is 0 Å². The number of aromatic nitrogens is 4. The minimum atomic E-state index is -4.51. The molecule has 2 saturated carbocycles. The fourth-order valence-corrected chi connectivity index (χ4v) is 4.80. The minimum absolute atomic E-state index is 0.0675. The van der Waals surface area contributed by atoms with Gasteiger partial charge in [0.1, 0.15) is 6.10 Å². The highest BCUT2D eigenvalue weighted by Crippen LogP contribution is 2.41. The second-order valence-corrected chi connectivity index (χ2v) is 10.7. The number of carbonyl (C=O) groups is 2. The Morgan fingerprint density at radius 2 is 1.88 bits per heavy atom. The van der Waals surface area contributed by atoms with Crippen LogP contribution in [0.5, 0.6) is 5.88 Å². The Hall–Kier alpha value is -3.88. The van der Waals surface area contributed by atoms with E-state index in [0.717, 1.165) is 12.8 Å². The number of nitrogens with zero attached hydrogens (tertiary/aromatic N) is 4. The van der Waals surface area contributed by atoms with E-state index >= 15 is 0 Å². The molecule has 5 rings (SSSR count). The Bertz CT molecular complexity index is 1430. The molecule has 3 heterocycles. The molecule has 3 aromatic heterocycles. The maximum Gasteiger partial charge on any atom is 0.389 e. The van der Waals surface area contributed by atoms with Gasteiger partial charge in [0.05, 0.1) is 30.6 Å². The summed E-state index contributed by atoms with van der Waals surface area (Å²) >= 11 is 0. The van der Waals surface area contributed by atoms with Gasteiger partial charge in [0.25, 0.3) is 5.91 Å². The predicted molar refractivity (Wildman–Crippen MR) is 136 cm³/mol. The Labute approximate surface area is 236 Å².